The number of aromatic nitrogens is 3. The molecule has 1 aliphatic rings. The van der Waals surface area contributed by atoms with Crippen molar-refractivity contribution in [2.75, 3.05) is 10.6 Å². The van der Waals surface area contributed by atoms with Gasteiger partial charge in [-0.25, -0.2) is 13.8 Å². The summed E-state index contributed by atoms with van der Waals surface area (Å²) in [6.07, 6.45) is 1.77. The van der Waals surface area contributed by atoms with Gasteiger partial charge >= 0.3 is 0 Å². The van der Waals surface area contributed by atoms with Crippen molar-refractivity contribution in [3.05, 3.63) is 41.3 Å². The molecule has 2 aromatic heterocycles. The van der Waals surface area contributed by atoms with E-state index in [9.17, 15) is 8.78 Å². The third-order valence-electron chi connectivity index (χ3n) is 4.55. The molecule has 0 radical (unpaired) electrons. The van der Waals surface area contributed by atoms with Crippen LogP contribution in [0.4, 0.5) is 20.5 Å². The van der Waals surface area contributed by atoms with Crippen LogP contribution in [0.15, 0.2) is 24.4 Å². The molecule has 2 N–H and O–H groups in total. The van der Waals surface area contributed by atoms with Crippen molar-refractivity contribution in [3.63, 3.8) is 0 Å². The van der Waals surface area contributed by atoms with Crippen LogP contribution in [0.5, 0.6) is 0 Å². The number of hydrogen-bond donors (Lipinski definition) is 1. The van der Waals surface area contributed by atoms with Crippen molar-refractivity contribution >= 4 is 11.8 Å². The molecule has 0 bridgehead atoms. The predicted octanol–water partition coefficient (Wildman–Crippen LogP) is 3.27. The molecular formula is C17H21F2N5. The molecule has 7 heteroatoms. The summed E-state index contributed by atoms with van der Waals surface area (Å²) in [5, 5.41) is 0. The second-order valence-corrected chi connectivity index (χ2v) is 6.32. The van der Waals surface area contributed by atoms with E-state index >= 15 is 0 Å². The lowest BCUT2D eigenvalue weighted by Crippen LogP contribution is -2.36. The lowest BCUT2D eigenvalue weighted by atomic mass is 10.2. The average molecular weight is 333 g/mol. The third-order valence-corrected chi connectivity index (χ3v) is 4.55. The van der Waals surface area contributed by atoms with Gasteiger partial charge in [0.25, 0.3) is 0 Å². The Bertz CT molecular complexity index is 697. The minimum absolute atomic E-state index is 0.114. The summed E-state index contributed by atoms with van der Waals surface area (Å²) >= 11 is 0. The molecule has 2 aromatic rings. The molecule has 3 rings (SSSR count). The smallest absolute Gasteiger partial charge is 0.250 e. The fourth-order valence-corrected chi connectivity index (χ4v) is 2.99. The van der Waals surface area contributed by atoms with Crippen LogP contribution in [0.25, 0.3) is 0 Å². The zero-order valence-corrected chi connectivity index (χ0v) is 13.8. The molecule has 1 fully saturated rings. The Morgan fingerprint density at radius 3 is 2.67 bits per heavy atom. The van der Waals surface area contributed by atoms with Gasteiger partial charge in [0, 0.05) is 36.3 Å². The van der Waals surface area contributed by atoms with E-state index in [1.165, 1.54) is 0 Å². The Morgan fingerprint density at radius 1 is 1.29 bits per heavy atom. The SMILES string of the molecule is Cc1nc(N(Cc2ccccn2)C2CCC(F)(F)C2)nc(N)c1C. The van der Waals surface area contributed by atoms with Gasteiger partial charge in [0.2, 0.25) is 11.9 Å². The Morgan fingerprint density at radius 2 is 2.08 bits per heavy atom. The van der Waals surface area contributed by atoms with Gasteiger partial charge in [0.05, 0.1) is 12.2 Å². The van der Waals surface area contributed by atoms with E-state index in [4.69, 9.17) is 5.73 Å². The largest absolute Gasteiger partial charge is 0.383 e. The molecule has 5 nitrogen and oxygen atoms in total. The van der Waals surface area contributed by atoms with Crippen molar-refractivity contribution in [1.29, 1.82) is 0 Å². The van der Waals surface area contributed by atoms with Crippen molar-refractivity contribution in [2.45, 2.75) is 51.6 Å². The van der Waals surface area contributed by atoms with Gasteiger partial charge in [-0.15, -0.1) is 0 Å². The normalized spacial score (nSPS) is 19.4. The highest BCUT2D eigenvalue weighted by atomic mass is 19.3. The van der Waals surface area contributed by atoms with E-state index in [0.717, 1.165) is 17.0 Å². The number of halogens is 2. The quantitative estimate of drug-likeness (QED) is 0.930. The van der Waals surface area contributed by atoms with Crippen molar-refractivity contribution < 1.29 is 8.78 Å². The highest BCUT2D eigenvalue weighted by molar-refractivity contribution is 5.47. The van der Waals surface area contributed by atoms with E-state index < -0.39 is 5.92 Å². The lowest BCUT2D eigenvalue weighted by Gasteiger charge is -2.29. The number of nitrogens with two attached hydrogens (primary N) is 1. The van der Waals surface area contributed by atoms with Gasteiger partial charge in [-0.1, -0.05) is 6.07 Å². The molecule has 1 aliphatic carbocycles. The van der Waals surface area contributed by atoms with Crippen LogP contribution in [-0.4, -0.2) is 26.9 Å². The first kappa shape index (κ1) is 16.5. The average Bonchev–Trinajstić information content (AvgIpc) is 2.90. The van der Waals surface area contributed by atoms with E-state index in [1.807, 2.05) is 36.9 Å². The van der Waals surface area contributed by atoms with Crippen LogP contribution in [0.1, 0.15) is 36.2 Å². The molecule has 1 atom stereocenters. The van der Waals surface area contributed by atoms with E-state index in [0.29, 0.717) is 24.7 Å². The summed E-state index contributed by atoms with van der Waals surface area (Å²) in [6.45, 7) is 4.07. The monoisotopic (exact) mass is 333 g/mol. The molecule has 0 saturated heterocycles. The van der Waals surface area contributed by atoms with Crippen LogP contribution in [0.3, 0.4) is 0 Å². The Labute approximate surface area is 139 Å². The maximum Gasteiger partial charge on any atom is 0.250 e. The van der Waals surface area contributed by atoms with Gasteiger partial charge in [-0.05, 0) is 32.4 Å². The lowest BCUT2D eigenvalue weighted by molar-refractivity contribution is 0.00767. The molecule has 0 spiro atoms. The van der Waals surface area contributed by atoms with Gasteiger partial charge in [0.15, 0.2) is 0 Å². The second-order valence-electron chi connectivity index (χ2n) is 6.32. The van der Waals surface area contributed by atoms with Crippen LogP contribution >= 0.6 is 0 Å². The molecule has 0 amide bonds. The minimum Gasteiger partial charge on any atom is -0.383 e. The number of nitrogen functional groups attached to an aromatic ring is 1. The number of hydrogen-bond acceptors (Lipinski definition) is 5. The number of pyridine rings is 1. The minimum atomic E-state index is -2.64. The number of rotatable bonds is 4. The standard InChI is InChI=1S/C17H21F2N5/c1-11-12(2)22-16(23-15(11)20)24(10-13-5-3-4-8-21-13)14-6-7-17(18,19)9-14/h3-5,8,14H,6-7,9-10H2,1-2H3,(H2,20,22,23). The molecule has 2 heterocycles. The zero-order chi connectivity index (χ0) is 17.3. The van der Waals surface area contributed by atoms with E-state index in [-0.39, 0.29) is 18.9 Å². The van der Waals surface area contributed by atoms with Crippen LogP contribution in [-0.2, 0) is 6.54 Å². The Hall–Kier alpha value is -2.31. The highest BCUT2D eigenvalue weighted by Crippen LogP contribution is 2.39. The number of aryl methyl sites for hydroxylation is 1. The van der Waals surface area contributed by atoms with E-state index in [1.54, 1.807) is 6.20 Å². The number of alkyl halides is 2. The first-order chi connectivity index (χ1) is 11.4. The van der Waals surface area contributed by atoms with Crippen molar-refractivity contribution in [2.24, 2.45) is 0 Å². The zero-order valence-electron chi connectivity index (χ0n) is 13.8. The van der Waals surface area contributed by atoms with Crippen molar-refractivity contribution in [3.8, 4) is 0 Å². The van der Waals surface area contributed by atoms with Crippen LogP contribution in [0, 0.1) is 13.8 Å². The van der Waals surface area contributed by atoms with Gasteiger partial charge < -0.3 is 10.6 Å². The first-order valence-electron chi connectivity index (χ1n) is 8.01. The molecule has 128 valence electrons. The maximum atomic E-state index is 13.7. The molecule has 0 aliphatic heterocycles. The highest BCUT2D eigenvalue weighted by Gasteiger charge is 2.42. The summed E-state index contributed by atoms with van der Waals surface area (Å²) in [5.74, 6) is -1.87. The Kier molecular flexibility index (Phi) is 4.34. The summed E-state index contributed by atoms with van der Waals surface area (Å²) in [7, 11) is 0. The van der Waals surface area contributed by atoms with Gasteiger partial charge in [-0.2, -0.15) is 4.98 Å². The van der Waals surface area contributed by atoms with Crippen LogP contribution < -0.4 is 10.6 Å². The predicted molar refractivity (Wildman–Crippen MR) is 88.9 cm³/mol. The molecule has 24 heavy (non-hydrogen) atoms. The summed E-state index contributed by atoms with van der Waals surface area (Å²) in [4.78, 5) is 14.9. The van der Waals surface area contributed by atoms with Crippen molar-refractivity contribution in [1.82, 2.24) is 15.0 Å². The van der Waals surface area contributed by atoms with Gasteiger partial charge in [-0.3, -0.25) is 4.98 Å². The second kappa shape index (κ2) is 6.30. The Balaban J connectivity index is 1.96. The van der Waals surface area contributed by atoms with Crippen LogP contribution in [0.2, 0.25) is 0 Å². The summed E-state index contributed by atoms with van der Waals surface area (Å²) < 4.78 is 27.4. The first-order valence-corrected chi connectivity index (χ1v) is 8.01. The number of nitrogens with zero attached hydrogens (tertiary/aromatic N) is 4. The molecular weight excluding hydrogens is 312 g/mol. The fraction of sp³-hybridized carbons (Fsp3) is 0.471. The summed E-state index contributed by atoms with van der Waals surface area (Å²) in [6, 6.07) is 5.23. The van der Waals surface area contributed by atoms with Gasteiger partial charge in [0.1, 0.15) is 5.82 Å². The van der Waals surface area contributed by atoms with E-state index in [2.05, 4.69) is 15.0 Å². The molecule has 1 saturated carbocycles. The summed E-state index contributed by atoms with van der Waals surface area (Å²) in [5.41, 5.74) is 8.32. The fourth-order valence-electron chi connectivity index (χ4n) is 2.99. The molecule has 1 unspecified atom stereocenters. The maximum absolute atomic E-state index is 13.7. The topological polar surface area (TPSA) is 67.9 Å². The number of anilines is 2. The third kappa shape index (κ3) is 3.44. The molecule has 0 aromatic carbocycles.